The molecule has 0 aliphatic carbocycles. The molecule has 0 saturated heterocycles. The summed E-state index contributed by atoms with van der Waals surface area (Å²) in [6.07, 6.45) is 3.66. The van der Waals surface area contributed by atoms with Crippen LogP contribution in [0.2, 0.25) is 0 Å². The minimum atomic E-state index is 0.808. The molecule has 318 valence electrons. The minimum Gasteiger partial charge on any atom is -0.291 e. The molecule has 6 nitrogen and oxygen atoms in total. The Balaban J connectivity index is 1.01. The zero-order valence-corrected chi connectivity index (χ0v) is 36.8. The van der Waals surface area contributed by atoms with E-state index in [1.807, 2.05) is 60.9 Å². The van der Waals surface area contributed by atoms with E-state index < -0.39 is 0 Å². The highest BCUT2D eigenvalue weighted by atomic mass is 15.1. The Morgan fingerprint density at radius 1 is 0.294 bits per heavy atom. The van der Waals surface area contributed by atoms with Gasteiger partial charge in [0.2, 0.25) is 0 Å². The average Bonchev–Trinajstić information content (AvgIpc) is 4.00. The van der Waals surface area contributed by atoms with E-state index in [0.29, 0.717) is 0 Å². The van der Waals surface area contributed by atoms with Crippen molar-refractivity contribution in [1.29, 1.82) is 0 Å². The second kappa shape index (κ2) is 16.3. The second-order valence-electron chi connectivity index (χ2n) is 17.1. The highest BCUT2D eigenvalue weighted by molar-refractivity contribution is 6.22. The van der Waals surface area contributed by atoms with Crippen molar-refractivity contribution in [2.75, 3.05) is 0 Å². The predicted octanol–water partition coefficient (Wildman–Crippen LogP) is 15.5. The standard InChI is InChI=1S/C62H40N6/c1-5-17-41(18-6-1)59-50-32-28-45(47-30-34-57-55(40-47)65-61(43-21-9-3-10-22-43)68(57)58-26-14-16-36-64-58)38-52(50)60(42-19-7-2-8-20-42)49-31-27-44(37-51(49)59)46-29-33-56-54(39-46)66-62(53-25-13-15-35-63-53)67(56)48-23-11-4-12-24-48/h1-40H. The molecule has 0 bridgehead atoms. The number of aromatic nitrogens is 6. The van der Waals surface area contributed by atoms with Crippen LogP contribution < -0.4 is 0 Å². The summed E-state index contributed by atoms with van der Waals surface area (Å²) in [5.74, 6) is 2.50. The molecule has 9 aromatic carbocycles. The van der Waals surface area contributed by atoms with Crippen molar-refractivity contribution >= 4 is 43.6 Å². The van der Waals surface area contributed by atoms with Crippen LogP contribution in [0.15, 0.2) is 243 Å². The zero-order valence-electron chi connectivity index (χ0n) is 36.8. The molecule has 13 aromatic rings. The van der Waals surface area contributed by atoms with Crippen molar-refractivity contribution in [3.05, 3.63) is 243 Å². The summed E-state index contributed by atoms with van der Waals surface area (Å²) in [4.78, 5) is 20.0. The number of benzene rings is 9. The van der Waals surface area contributed by atoms with Crippen LogP contribution in [0, 0.1) is 0 Å². The summed E-state index contributed by atoms with van der Waals surface area (Å²) >= 11 is 0. The van der Waals surface area contributed by atoms with Crippen LogP contribution in [0.5, 0.6) is 0 Å². The molecular weight excluding hydrogens is 829 g/mol. The van der Waals surface area contributed by atoms with Gasteiger partial charge in [0.1, 0.15) is 17.3 Å². The number of para-hydroxylation sites is 1. The molecule has 0 fully saturated rings. The largest absolute Gasteiger partial charge is 0.291 e. The van der Waals surface area contributed by atoms with Gasteiger partial charge in [0.05, 0.1) is 22.1 Å². The Bertz CT molecular complexity index is 3720. The Kier molecular flexibility index (Phi) is 9.39. The van der Waals surface area contributed by atoms with E-state index in [1.54, 1.807) is 0 Å². The van der Waals surface area contributed by atoms with Gasteiger partial charge < -0.3 is 0 Å². The fraction of sp³-hybridized carbons (Fsp3) is 0. The van der Waals surface area contributed by atoms with Crippen LogP contribution in [0.1, 0.15) is 0 Å². The van der Waals surface area contributed by atoms with Gasteiger partial charge >= 0.3 is 0 Å². The molecule has 0 amide bonds. The van der Waals surface area contributed by atoms with E-state index in [2.05, 4.69) is 191 Å². The van der Waals surface area contributed by atoms with Crippen LogP contribution >= 0.6 is 0 Å². The topological polar surface area (TPSA) is 61.4 Å². The third-order valence-corrected chi connectivity index (χ3v) is 13.0. The molecule has 0 aliphatic heterocycles. The molecule has 68 heavy (non-hydrogen) atoms. The molecule has 4 aromatic heterocycles. The van der Waals surface area contributed by atoms with Gasteiger partial charge in [-0.1, -0.05) is 158 Å². The number of rotatable bonds is 8. The molecular formula is C62H40N6. The van der Waals surface area contributed by atoms with Gasteiger partial charge in [-0.2, -0.15) is 0 Å². The first-order valence-corrected chi connectivity index (χ1v) is 22.9. The van der Waals surface area contributed by atoms with Gasteiger partial charge in [-0.25, -0.2) is 15.0 Å². The molecule has 6 heteroatoms. The fourth-order valence-electron chi connectivity index (χ4n) is 9.94. The molecule has 0 radical (unpaired) electrons. The quantitative estimate of drug-likeness (QED) is 0.143. The summed E-state index contributed by atoms with van der Waals surface area (Å²) in [7, 11) is 0. The molecule has 0 saturated carbocycles. The van der Waals surface area contributed by atoms with Crippen molar-refractivity contribution < 1.29 is 0 Å². The lowest BCUT2D eigenvalue weighted by Crippen LogP contribution is -1.99. The van der Waals surface area contributed by atoms with E-state index in [1.165, 1.54) is 43.8 Å². The summed E-state index contributed by atoms with van der Waals surface area (Å²) < 4.78 is 4.36. The molecule has 13 rings (SSSR count). The number of pyridine rings is 2. The summed E-state index contributed by atoms with van der Waals surface area (Å²) in [6.45, 7) is 0. The second-order valence-corrected chi connectivity index (χ2v) is 17.1. The molecule has 0 N–H and O–H groups in total. The monoisotopic (exact) mass is 868 g/mol. The lowest BCUT2D eigenvalue weighted by atomic mass is 9.84. The normalized spacial score (nSPS) is 11.5. The van der Waals surface area contributed by atoms with E-state index in [0.717, 1.165) is 78.7 Å². The lowest BCUT2D eigenvalue weighted by molar-refractivity contribution is 1.03. The van der Waals surface area contributed by atoms with Crippen molar-refractivity contribution in [3.63, 3.8) is 0 Å². The Hall–Kier alpha value is -9.26. The van der Waals surface area contributed by atoms with Crippen LogP contribution in [0.25, 0.3) is 123 Å². The van der Waals surface area contributed by atoms with Crippen LogP contribution in [0.4, 0.5) is 0 Å². The maximum absolute atomic E-state index is 5.27. The highest BCUT2D eigenvalue weighted by Crippen LogP contribution is 2.46. The van der Waals surface area contributed by atoms with Gasteiger partial charge in [-0.3, -0.25) is 14.1 Å². The Labute approximate surface area is 392 Å². The van der Waals surface area contributed by atoms with E-state index in [-0.39, 0.29) is 0 Å². The van der Waals surface area contributed by atoms with Crippen molar-refractivity contribution in [3.8, 4) is 78.9 Å². The van der Waals surface area contributed by atoms with Crippen molar-refractivity contribution in [1.82, 2.24) is 29.1 Å². The maximum Gasteiger partial charge on any atom is 0.164 e. The van der Waals surface area contributed by atoms with Gasteiger partial charge in [-0.05, 0) is 139 Å². The van der Waals surface area contributed by atoms with Gasteiger partial charge in [-0.15, -0.1) is 0 Å². The molecule has 0 spiro atoms. The minimum absolute atomic E-state index is 0.808. The van der Waals surface area contributed by atoms with Gasteiger partial charge in [0.15, 0.2) is 5.82 Å². The number of hydrogen-bond donors (Lipinski definition) is 0. The zero-order chi connectivity index (χ0) is 45.0. The summed E-state index contributed by atoms with van der Waals surface area (Å²) in [5, 5.41) is 4.75. The smallest absolute Gasteiger partial charge is 0.164 e. The first-order valence-electron chi connectivity index (χ1n) is 22.9. The van der Waals surface area contributed by atoms with Crippen molar-refractivity contribution in [2.24, 2.45) is 0 Å². The third kappa shape index (κ3) is 6.66. The summed E-state index contributed by atoms with van der Waals surface area (Å²) in [5.41, 5.74) is 15.9. The van der Waals surface area contributed by atoms with Crippen molar-refractivity contribution in [2.45, 2.75) is 0 Å². The maximum atomic E-state index is 5.27. The predicted molar refractivity (Wildman–Crippen MR) is 279 cm³/mol. The molecule has 0 aliphatic rings. The van der Waals surface area contributed by atoms with E-state index >= 15 is 0 Å². The fourth-order valence-corrected chi connectivity index (χ4v) is 9.94. The SMILES string of the molecule is c1ccc(-c2c3ccc(-c4ccc5c(c4)nc(-c4ccccc4)n5-c4ccccn4)cc3c(-c3ccccc3)c3ccc(-c4ccc5c(c4)nc(-c4ccccn4)n5-c4ccccc4)cc23)cc1. The average molecular weight is 869 g/mol. The Morgan fingerprint density at radius 3 is 1.28 bits per heavy atom. The molecule has 0 unspecified atom stereocenters. The number of hydrogen-bond acceptors (Lipinski definition) is 4. The van der Waals surface area contributed by atoms with Crippen LogP contribution in [-0.4, -0.2) is 29.1 Å². The third-order valence-electron chi connectivity index (χ3n) is 13.0. The van der Waals surface area contributed by atoms with Gasteiger partial charge in [0, 0.05) is 23.6 Å². The lowest BCUT2D eigenvalue weighted by Gasteiger charge is -2.19. The van der Waals surface area contributed by atoms with E-state index in [9.17, 15) is 0 Å². The first kappa shape index (κ1) is 39.1. The number of fused-ring (bicyclic) bond motifs is 4. The van der Waals surface area contributed by atoms with Crippen LogP contribution in [0.3, 0.4) is 0 Å². The van der Waals surface area contributed by atoms with Gasteiger partial charge in [0.25, 0.3) is 0 Å². The van der Waals surface area contributed by atoms with Crippen LogP contribution in [-0.2, 0) is 0 Å². The molecule has 4 heterocycles. The number of imidazole rings is 2. The number of nitrogens with zero attached hydrogens (tertiary/aromatic N) is 6. The highest BCUT2D eigenvalue weighted by Gasteiger charge is 2.21. The van der Waals surface area contributed by atoms with E-state index in [4.69, 9.17) is 19.9 Å². The summed E-state index contributed by atoms with van der Waals surface area (Å²) in [6, 6.07) is 81.5. The first-order chi connectivity index (χ1) is 33.7. The molecule has 0 atom stereocenters. The Morgan fingerprint density at radius 2 is 0.750 bits per heavy atom.